The monoisotopic (exact) mass is 542 g/mol. The summed E-state index contributed by atoms with van der Waals surface area (Å²) in [5.74, 6) is -3.43. The first-order valence-electron chi connectivity index (χ1n) is 14.8. The second-order valence-corrected chi connectivity index (χ2v) is 10.2. The molecule has 0 aromatic carbocycles. The molecule has 0 aromatic rings. The smallest absolute Gasteiger partial charge is 0.377 e. The van der Waals surface area contributed by atoms with Crippen LogP contribution in [0.1, 0.15) is 135 Å². The lowest BCUT2D eigenvalue weighted by Gasteiger charge is -2.13. The highest BCUT2D eigenvalue weighted by atomic mass is 16.6. The maximum Gasteiger partial charge on any atom is 0.377 e. The van der Waals surface area contributed by atoms with Gasteiger partial charge in [0.1, 0.15) is 6.10 Å². The highest BCUT2D eigenvalue weighted by Crippen LogP contribution is 2.21. The number of cyclic esters (lactones) is 1. The van der Waals surface area contributed by atoms with Gasteiger partial charge in [0.25, 0.3) is 0 Å². The lowest BCUT2D eigenvalue weighted by atomic mass is 10.0. The number of aliphatic hydroxyl groups excluding tert-OH is 4. The first kappa shape index (κ1) is 35.9. The van der Waals surface area contributed by atoms with E-state index < -0.39 is 42.3 Å². The van der Waals surface area contributed by atoms with Crippen LogP contribution in [0.3, 0.4) is 0 Å². The van der Waals surface area contributed by atoms with Crippen LogP contribution in [0.25, 0.3) is 0 Å². The SMILES string of the molecule is CCCCCCCC/C=C\CCCCCCCCCCCCCC(=O)O.O=C1O[C@H]([C@@H](O)CO)C(O)=C1O. The third-order valence-electron chi connectivity index (χ3n) is 6.63. The summed E-state index contributed by atoms with van der Waals surface area (Å²) in [4.78, 5) is 20.9. The van der Waals surface area contributed by atoms with E-state index in [9.17, 15) is 9.59 Å². The summed E-state index contributed by atoms with van der Waals surface area (Å²) < 4.78 is 4.32. The molecule has 0 unspecified atom stereocenters. The zero-order valence-corrected chi connectivity index (χ0v) is 23.6. The molecule has 1 rings (SSSR count). The van der Waals surface area contributed by atoms with Gasteiger partial charge in [-0.1, -0.05) is 109 Å². The largest absolute Gasteiger partial charge is 0.505 e. The quantitative estimate of drug-likeness (QED) is 0.0525. The number of carbonyl (C=O) groups excluding carboxylic acids is 1. The first-order chi connectivity index (χ1) is 18.3. The van der Waals surface area contributed by atoms with Gasteiger partial charge >= 0.3 is 11.9 Å². The van der Waals surface area contributed by atoms with Crippen LogP contribution in [0.2, 0.25) is 0 Å². The maximum absolute atomic E-state index is 10.5. The lowest BCUT2D eigenvalue weighted by molar-refractivity contribution is -0.147. The molecule has 0 spiro atoms. The number of aliphatic hydroxyl groups is 4. The van der Waals surface area contributed by atoms with Crippen molar-refractivity contribution in [1.29, 1.82) is 0 Å². The van der Waals surface area contributed by atoms with Gasteiger partial charge in [-0.2, -0.15) is 0 Å². The molecule has 1 heterocycles. The summed E-state index contributed by atoms with van der Waals surface area (Å²) in [5, 5.41) is 43.6. The van der Waals surface area contributed by atoms with Gasteiger partial charge in [-0.15, -0.1) is 0 Å². The minimum atomic E-state index is -1.42. The minimum Gasteiger partial charge on any atom is -0.505 e. The zero-order valence-electron chi connectivity index (χ0n) is 23.6. The summed E-state index contributed by atoms with van der Waals surface area (Å²) >= 11 is 0. The lowest BCUT2D eigenvalue weighted by Crippen LogP contribution is -2.31. The highest BCUT2D eigenvalue weighted by molar-refractivity contribution is 5.89. The Hall–Kier alpha value is -2.06. The molecule has 38 heavy (non-hydrogen) atoms. The normalized spacial score (nSPS) is 16.0. The number of rotatable bonds is 23. The number of ether oxygens (including phenoxy) is 1. The van der Waals surface area contributed by atoms with E-state index in [0.29, 0.717) is 6.42 Å². The molecule has 0 bridgehead atoms. The van der Waals surface area contributed by atoms with Crippen LogP contribution in [0, 0.1) is 0 Å². The Kier molecular flexibility index (Phi) is 23.9. The Balaban J connectivity index is 0.000000942. The van der Waals surface area contributed by atoms with Crippen molar-refractivity contribution in [3.8, 4) is 0 Å². The molecule has 0 amide bonds. The van der Waals surface area contributed by atoms with Crippen LogP contribution < -0.4 is 0 Å². The van der Waals surface area contributed by atoms with Crippen molar-refractivity contribution in [1.82, 2.24) is 0 Å². The van der Waals surface area contributed by atoms with Crippen molar-refractivity contribution < 1.29 is 39.9 Å². The summed E-state index contributed by atoms with van der Waals surface area (Å²) in [6.45, 7) is 1.60. The molecule has 0 aromatic heterocycles. The van der Waals surface area contributed by atoms with Crippen LogP contribution >= 0.6 is 0 Å². The van der Waals surface area contributed by atoms with Gasteiger partial charge in [0.2, 0.25) is 5.76 Å². The van der Waals surface area contributed by atoms with Gasteiger partial charge in [0.15, 0.2) is 11.9 Å². The van der Waals surface area contributed by atoms with Crippen molar-refractivity contribution in [3.05, 3.63) is 23.7 Å². The molecule has 0 saturated carbocycles. The summed E-state index contributed by atoms with van der Waals surface area (Å²) in [6.07, 6.45) is 27.3. The number of carbonyl (C=O) groups is 2. The fourth-order valence-corrected chi connectivity index (χ4v) is 4.23. The number of carboxylic acid groups (broad SMARTS) is 1. The van der Waals surface area contributed by atoms with E-state index >= 15 is 0 Å². The van der Waals surface area contributed by atoms with Gasteiger partial charge in [-0.3, -0.25) is 4.79 Å². The average Bonchev–Trinajstić information content (AvgIpc) is 3.16. The van der Waals surface area contributed by atoms with Gasteiger partial charge in [-0.25, -0.2) is 4.79 Å². The summed E-state index contributed by atoms with van der Waals surface area (Å²) in [5.41, 5.74) is 0. The third-order valence-corrected chi connectivity index (χ3v) is 6.63. The van der Waals surface area contributed by atoms with Crippen LogP contribution in [-0.4, -0.2) is 56.3 Å². The van der Waals surface area contributed by atoms with E-state index in [1.807, 2.05) is 0 Å². The number of hydrogen-bond donors (Lipinski definition) is 5. The average molecular weight is 543 g/mol. The van der Waals surface area contributed by atoms with Gasteiger partial charge in [0, 0.05) is 6.42 Å². The van der Waals surface area contributed by atoms with Crippen LogP contribution in [0.5, 0.6) is 0 Å². The predicted octanol–water partition coefficient (Wildman–Crippen LogP) is 7.04. The fraction of sp³-hybridized carbons (Fsp3) is 0.800. The second-order valence-electron chi connectivity index (χ2n) is 10.2. The molecule has 8 nitrogen and oxygen atoms in total. The Bertz CT molecular complexity index is 659. The van der Waals surface area contributed by atoms with Gasteiger partial charge in [0.05, 0.1) is 6.61 Å². The highest BCUT2D eigenvalue weighted by Gasteiger charge is 2.38. The maximum atomic E-state index is 10.5. The topological polar surface area (TPSA) is 145 Å². The first-order valence-corrected chi connectivity index (χ1v) is 14.8. The standard InChI is InChI=1S/C24H46O2.C6H8O6/c1-2-3-4-5-6-7-8-9-10-11-12-13-14-15-16-17-18-19-20-21-22-23-24(25)26;7-1-2(8)5-3(9)4(10)6(11)12-5/h9-10H,2-8,11-23H2,1H3,(H,25,26);2,5,7-10H,1H2/b10-9-;/t;2-,5+/m.0/s1. The van der Waals surface area contributed by atoms with E-state index in [2.05, 4.69) is 23.8 Å². The van der Waals surface area contributed by atoms with Crippen molar-refractivity contribution >= 4 is 11.9 Å². The van der Waals surface area contributed by atoms with E-state index in [4.69, 9.17) is 25.5 Å². The fourth-order valence-electron chi connectivity index (χ4n) is 4.23. The Morgan fingerprint density at radius 3 is 1.58 bits per heavy atom. The van der Waals surface area contributed by atoms with Crippen molar-refractivity contribution in [2.45, 2.75) is 148 Å². The Morgan fingerprint density at radius 2 is 1.21 bits per heavy atom. The van der Waals surface area contributed by atoms with E-state index in [1.165, 1.54) is 109 Å². The summed E-state index contributed by atoms with van der Waals surface area (Å²) in [6, 6.07) is 0. The molecule has 0 saturated heterocycles. The van der Waals surface area contributed by atoms with Gasteiger partial charge < -0.3 is 30.3 Å². The number of aliphatic carboxylic acids is 1. The molecule has 1 aliphatic rings. The molecular formula is C30H54O8. The van der Waals surface area contributed by atoms with E-state index in [-0.39, 0.29) is 0 Å². The number of carboxylic acids is 1. The van der Waals surface area contributed by atoms with Crippen LogP contribution in [-0.2, 0) is 14.3 Å². The number of unbranched alkanes of at least 4 members (excludes halogenated alkanes) is 17. The molecular weight excluding hydrogens is 488 g/mol. The Labute approximate surface area is 229 Å². The molecule has 5 N–H and O–H groups in total. The van der Waals surface area contributed by atoms with Crippen molar-refractivity contribution in [2.24, 2.45) is 0 Å². The van der Waals surface area contributed by atoms with E-state index in [1.54, 1.807) is 0 Å². The third kappa shape index (κ3) is 20.0. The number of allylic oxidation sites excluding steroid dienone is 2. The van der Waals surface area contributed by atoms with Gasteiger partial charge in [-0.05, 0) is 32.1 Å². The van der Waals surface area contributed by atoms with Crippen LogP contribution in [0.15, 0.2) is 23.7 Å². The molecule has 2 atom stereocenters. The van der Waals surface area contributed by atoms with Crippen LogP contribution in [0.4, 0.5) is 0 Å². The summed E-state index contributed by atoms with van der Waals surface area (Å²) in [7, 11) is 0. The molecule has 1 aliphatic heterocycles. The second kappa shape index (κ2) is 25.2. The van der Waals surface area contributed by atoms with Crippen molar-refractivity contribution in [3.63, 3.8) is 0 Å². The van der Waals surface area contributed by atoms with E-state index in [0.717, 1.165) is 12.8 Å². The zero-order chi connectivity index (χ0) is 28.4. The number of esters is 1. The number of hydrogen-bond acceptors (Lipinski definition) is 7. The Morgan fingerprint density at radius 1 is 0.789 bits per heavy atom. The van der Waals surface area contributed by atoms with Crippen molar-refractivity contribution in [2.75, 3.05) is 6.61 Å². The molecule has 222 valence electrons. The molecule has 0 radical (unpaired) electrons. The molecule has 8 heteroatoms. The molecule has 0 aliphatic carbocycles. The molecule has 0 fully saturated rings. The predicted molar refractivity (Wildman–Crippen MR) is 150 cm³/mol. The minimum absolute atomic E-state index is 0.342.